The van der Waals surface area contributed by atoms with E-state index in [0.29, 0.717) is 5.56 Å². The maximum atomic E-state index is 11.6. The molecule has 0 saturated carbocycles. The number of primary amides is 1. The standard InChI is InChI=1S/C9H15N5O2/c1-5(8(11)15)13-9(16)7(10)6-3-12-14(2)4-6/h3-5,7H,10H2,1-2H3,(H2,11,15)(H,13,16). The van der Waals surface area contributed by atoms with E-state index in [1.807, 2.05) is 0 Å². The van der Waals surface area contributed by atoms with Gasteiger partial charge in [-0.2, -0.15) is 5.10 Å². The van der Waals surface area contributed by atoms with Crippen LogP contribution in [-0.4, -0.2) is 27.6 Å². The average Bonchev–Trinajstić information content (AvgIpc) is 2.63. The van der Waals surface area contributed by atoms with Crippen LogP contribution < -0.4 is 16.8 Å². The molecule has 0 aliphatic rings. The van der Waals surface area contributed by atoms with Crippen LogP contribution in [0.4, 0.5) is 0 Å². The van der Waals surface area contributed by atoms with E-state index in [4.69, 9.17) is 11.5 Å². The molecule has 0 spiro atoms. The first-order valence-electron chi connectivity index (χ1n) is 4.75. The second kappa shape index (κ2) is 4.75. The highest BCUT2D eigenvalue weighted by Gasteiger charge is 2.20. The lowest BCUT2D eigenvalue weighted by molar-refractivity contribution is -0.127. The third-order valence-electron chi connectivity index (χ3n) is 2.15. The summed E-state index contributed by atoms with van der Waals surface area (Å²) in [6.07, 6.45) is 3.14. The average molecular weight is 225 g/mol. The number of hydrogen-bond donors (Lipinski definition) is 3. The van der Waals surface area contributed by atoms with Gasteiger partial charge < -0.3 is 16.8 Å². The minimum atomic E-state index is -0.851. The van der Waals surface area contributed by atoms with Gasteiger partial charge in [0.1, 0.15) is 12.1 Å². The van der Waals surface area contributed by atoms with Gasteiger partial charge in [0.2, 0.25) is 11.8 Å². The van der Waals surface area contributed by atoms with E-state index in [-0.39, 0.29) is 0 Å². The molecule has 0 saturated heterocycles. The molecule has 0 aliphatic carbocycles. The zero-order valence-corrected chi connectivity index (χ0v) is 9.18. The minimum Gasteiger partial charge on any atom is -0.368 e. The second-order valence-electron chi connectivity index (χ2n) is 3.56. The van der Waals surface area contributed by atoms with Gasteiger partial charge >= 0.3 is 0 Å². The van der Waals surface area contributed by atoms with Crippen LogP contribution in [-0.2, 0) is 16.6 Å². The SMILES string of the molecule is CC(NC(=O)C(N)c1cnn(C)c1)C(N)=O. The summed E-state index contributed by atoms with van der Waals surface area (Å²) in [5, 5.41) is 6.31. The molecule has 0 aromatic carbocycles. The van der Waals surface area contributed by atoms with Gasteiger partial charge in [-0.15, -0.1) is 0 Å². The number of hydrogen-bond acceptors (Lipinski definition) is 4. The quantitative estimate of drug-likeness (QED) is 0.572. The summed E-state index contributed by atoms with van der Waals surface area (Å²) in [5.41, 5.74) is 11.3. The molecule has 5 N–H and O–H groups in total. The molecular weight excluding hydrogens is 210 g/mol. The summed E-state index contributed by atoms with van der Waals surface area (Å²) in [6, 6.07) is -1.59. The molecule has 1 aromatic heterocycles. The molecule has 7 nitrogen and oxygen atoms in total. The van der Waals surface area contributed by atoms with Crippen LogP contribution >= 0.6 is 0 Å². The Morgan fingerprint density at radius 1 is 1.56 bits per heavy atom. The highest BCUT2D eigenvalue weighted by atomic mass is 16.2. The van der Waals surface area contributed by atoms with E-state index in [1.165, 1.54) is 13.1 Å². The Balaban J connectivity index is 2.64. The Morgan fingerprint density at radius 2 is 2.19 bits per heavy atom. The highest BCUT2D eigenvalue weighted by Crippen LogP contribution is 2.08. The molecule has 1 aromatic rings. The maximum Gasteiger partial charge on any atom is 0.242 e. The van der Waals surface area contributed by atoms with Crippen LogP contribution in [0.3, 0.4) is 0 Å². The van der Waals surface area contributed by atoms with Crippen LogP contribution in [0, 0.1) is 0 Å². The lowest BCUT2D eigenvalue weighted by Gasteiger charge is -2.13. The van der Waals surface area contributed by atoms with E-state index in [2.05, 4.69) is 10.4 Å². The molecule has 0 fully saturated rings. The summed E-state index contributed by atoms with van der Waals surface area (Å²) < 4.78 is 1.54. The summed E-state index contributed by atoms with van der Waals surface area (Å²) in [6.45, 7) is 1.50. The van der Waals surface area contributed by atoms with Gasteiger partial charge in [-0.05, 0) is 6.92 Å². The summed E-state index contributed by atoms with van der Waals surface area (Å²) in [5.74, 6) is -1.06. The number of carbonyl (C=O) groups is 2. The molecule has 7 heteroatoms. The normalized spacial score (nSPS) is 14.2. The number of nitrogens with zero attached hydrogens (tertiary/aromatic N) is 2. The smallest absolute Gasteiger partial charge is 0.242 e. The molecule has 0 bridgehead atoms. The highest BCUT2D eigenvalue weighted by molar-refractivity contribution is 5.89. The van der Waals surface area contributed by atoms with E-state index in [9.17, 15) is 9.59 Å². The molecule has 2 amide bonds. The summed E-state index contributed by atoms with van der Waals surface area (Å²) >= 11 is 0. The van der Waals surface area contributed by atoms with Gasteiger partial charge in [-0.25, -0.2) is 0 Å². The number of carbonyl (C=O) groups excluding carboxylic acids is 2. The van der Waals surface area contributed by atoms with Crippen LogP contribution in [0.15, 0.2) is 12.4 Å². The molecule has 0 radical (unpaired) electrons. The maximum absolute atomic E-state index is 11.6. The number of aryl methyl sites for hydroxylation is 1. The fourth-order valence-electron chi connectivity index (χ4n) is 1.13. The second-order valence-corrected chi connectivity index (χ2v) is 3.56. The van der Waals surface area contributed by atoms with Gasteiger partial charge in [-0.1, -0.05) is 0 Å². The van der Waals surface area contributed by atoms with E-state index in [0.717, 1.165) is 0 Å². The Morgan fingerprint density at radius 3 is 2.62 bits per heavy atom. The van der Waals surface area contributed by atoms with Crippen molar-refractivity contribution in [3.63, 3.8) is 0 Å². The third kappa shape index (κ3) is 2.80. The van der Waals surface area contributed by atoms with Crippen molar-refractivity contribution in [1.82, 2.24) is 15.1 Å². The van der Waals surface area contributed by atoms with Crippen molar-refractivity contribution in [3.05, 3.63) is 18.0 Å². The molecule has 1 heterocycles. The predicted octanol–water partition coefficient (Wildman–Crippen LogP) is -1.59. The van der Waals surface area contributed by atoms with E-state index < -0.39 is 23.9 Å². The fraction of sp³-hybridized carbons (Fsp3) is 0.444. The minimum absolute atomic E-state index is 0.459. The summed E-state index contributed by atoms with van der Waals surface area (Å²) in [7, 11) is 1.72. The fourth-order valence-corrected chi connectivity index (χ4v) is 1.13. The topological polar surface area (TPSA) is 116 Å². The number of nitrogens with one attached hydrogen (secondary N) is 1. The largest absolute Gasteiger partial charge is 0.368 e. The molecule has 0 aliphatic heterocycles. The van der Waals surface area contributed by atoms with E-state index in [1.54, 1.807) is 17.9 Å². The van der Waals surface area contributed by atoms with Crippen LogP contribution in [0.25, 0.3) is 0 Å². The first-order valence-corrected chi connectivity index (χ1v) is 4.75. The van der Waals surface area contributed by atoms with Crippen LogP contribution in [0.5, 0.6) is 0 Å². The van der Waals surface area contributed by atoms with Crippen molar-refractivity contribution >= 4 is 11.8 Å². The zero-order valence-electron chi connectivity index (χ0n) is 9.18. The summed E-state index contributed by atoms with van der Waals surface area (Å²) in [4.78, 5) is 22.3. The predicted molar refractivity (Wildman–Crippen MR) is 56.9 cm³/mol. The first-order chi connectivity index (χ1) is 7.41. The van der Waals surface area contributed by atoms with E-state index >= 15 is 0 Å². The lowest BCUT2D eigenvalue weighted by Crippen LogP contribution is -2.45. The molecule has 88 valence electrons. The molecule has 16 heavy (non-hydrogen) atoms. The molecular formula is C9H15N5O2. The first kappa shape index (κ1) is 12.2. The van der Waals surface area contributed by atoms with Gasteiger partial charge in [0.25, 0.3) is 0 Å². The monoisotopic (exact) mass is 225 g/mol. The van der Waals surface area contributed by atoms with Crippen molar-refractivity contribution in [3.8, 4) is 0 Å². The Bertz CT molecular complexity index is 400. The Hall–Kier alpha value is -1.89. The van der Waals surface area contributed by atoms with Crippen LogP contribution in [0.1, 0.15) is 18.5 Å². The van der Waals surface area contributed by atoms with Crippen molar-refractivity contribution < 1.29 is 9.59 Å². The zero-order chi connectivity index (χ0) is 12.3. The third-order valence-corrected chi connectivity index (χ3v) is 2.15. The van der Waals surface area contributed by atoms with Gasteiger partial charge in [-0.3, -0.25) is 14.3 Å². The van der Waals surface area contributed by atoms with Crippen LogP contribution in [0.2, 0.25) is 0 Å². The van der Waals surface area contributed by atoms with Crippen molar-refractivity contribution in [1.29, 1.82) is 0 Å². The van der Waals surface area contributed by atoms with Gasteiger partial charge in [0.05, 0.1) is 6.20 Å². The number of rotatable bonds is 4. The lowest BCUT2D eigenvalue weighted by atomic mass is 10.1. The number of aromatic nitrogens is 2. The van der Waals surface area contributed by atoms with Gasteiger partial charge in [0, 0.05) is 18.8 Å². The Kier molecular flexibility index (Phi) is 3.62. The molecule has 2 unspecified atom stereocenters. The number of amides is 2. The van der Waals surface area contributed by atoms with Crippen molar-refractivity contribution in [2.45, 2.75) is 19.0 Å². The van der Waals surface area contributed by atoms with Crippen molar-refractivity contribution in [2.24, 2.45) is 18.5 Å². The van der Waals surface area contributed by atoms with Gasteiger partial charge in [0.15, 0.2) is 0 Å². The van der Waals surface area contributed by atoms with Crippen molar-refractivity contribution in [2.75, 3.05) is 0 Å². The molecule has 1 rings (SSSR count). The Labute approximate surface area is 92.8 Å². The number of nitrogens with two attached hydrogens (primary N) is 2. The molecule has 2 atom stereocenters.